The van der Waals surface area contributed by atoms with Gasteiger partial charge in [0.25, 0.3) is 0 Å². The molecule has 6 nitrogen and oxygen atoms in total. The van der Waals surface area contributed by atoms with Gasteiger partial charge in [-0.1, -0.05) is 44.2 Å². The first-order valence-electron chi connectivity index (χ1n) is 15.9. The highest BCUT2D eigenvalue weighted by Crippen LogP contribution is 2.45. The lowest BCUT2D eigenvalue weighted by Crippen LogP contribution is -2.39. The number of piperidine rings is 1. The van der Waals surface area contributed by atoms with Crippen molar-refractivity contribution in [3.63, 3.8) is 0 Å². The third-order valence-corrected chi connectivity index (χ3v) is 9.18. The number of aromatic nitrogens is 1. The number of ether oxygens (including phenoxy) is 1. The van der Waals surface area contributed by atoms with Crippen LogP contribution in [0.1, 0.15) is 92.8 Å². The van der Waals surface area contributed by atoms with Crippen LogP contribution in [0.5, 0.6) is 0 Å². The van der Waals surface area contributed by atoms with Crippen molar-refractivity contribution in [1.82, 2.24) is 9.88 Å². The molecular weight excluding hydrogens is 553 g/mol. The van der Waals surface area contributed by atoms with Crippen LogP contribution in [0.4, 0.5) is 10.1 Å². The third-order valence-electron chi connectivity index (χ3n) is 9.18. The van der Waals surface area contributed by atoms with Crippen LogP contribution < -0.4 is 4.90 Å². The summed E-state index contributed by atoms with van der Waals surface area (Å²) < 4.78 is 20.0. The summed E-state index contributed by atoms with van der Waals surface area (Å²) in [6.07, 6.45) is 1.83. The quantitative estimate of drug-likeness (QED) is 0.297. The molecule has 2 aliphatic heterocycles. The molecule has 1 aromatic heterocycles. The SMILES string of the molecule is Cc1cc(CN2CCc3cc(-c4c(C)nc(C)c(C(OC(C)(C)C)C(=O)O)c4N4CCC(C)(C)CC4)ccc3C2)ccc1F. The number of aryl methyl sites for hydroxylation is 3. The number of aliphatic carboxylic acids is 1. The molecule has 0 radical (unpaired) electrons. The molecule has 1 unspecified atom stereocenters. The van der Waals surface area contributed by atoms with E-state index in [1.54, 1.807) is 6.07 Å². The van der Waals surface area contributed by atoms with Gasteiger partial charge in [-0.05, 0) is 100 Å². The van der Waals surface area contributed by atoms with E-state index in [9.17, 15) is 14.3 Å². The van der Waals surface area contributed by atoms with Crippen LogP contribution in [0.25, 0.3) is 11.1 Å². The Kier molecular flexibility index (Phi) is 8.94. The average Bonchev–Trinajstić information content (AvgIpc) is 2.93. The Labute approximate surface area is 262 Å². The van der Waals surface area contributed by atoms with Crippen molar-refractivity contribution < 1.29 is 19.0 Å². The summed E-state index contributed by atoms with van der Waals surface area (Å²) >= 11 is 0. The molecule has 0 bridgehead atoms. The van der Waals surface area contributed by atoms with E-state index in [-0.39, 0.29) is 11.2 Å². The van der Waals surface area contributed by atoms with Gasteiger partial charge in [0.2, 0.25) is 0 Å². The molecule has 1 saturated heterocycles. The summed E-state index contributed by atoms with van der Waals surface area (Å²) in [6.45, 7) is 20.3. The number of hydrogen-bond donors (Lipinski definition) is 1. The lowest BCUT2D eigenvalue weighted by atomic mass is 9.81. The average molecular weight is 602 g/mol. The van der Waals surface area contributed by atoms with Gasteiger partial charge in [-0.15, -0.1) is 0 Å². The van der Waals surface area contributed by atoms with Gasteiger partial charge in [0, 0.05) is 55.2 Å². The van der Waals surface area contributed by atoms with Crippen molar-refractivity contribution in [2.75, 3.05) is 24.5 Å². The van der Waals surface area contributed by atoms with Gasteiger partial charge in [-0.25, -0.2) is 9.18 Å². The summed E-state index contributed by atoms with van der Waals surface area (Å²) in [5, 5.41) is 10.5. The Balaban J connectivity index is 1.56. The van der Waals surface area contributed by atoms with E-state index in [0.29, 0.717) is 16.8 Å². The molecule has 0 saturated carbocycles. The molecule has 3 aromatic rings. The highest BCUT2D eigenvalue weighted by Gasteiger charge is 2.36. The molecule has 2 aromatic carbocycles. The molecule has 5 rings (SSSR count). The predicted octanol–water partition coefficient (Wildman–Crippen LogP) is 7.94. The summed E-state index contributed by atoms with van der Waals surface area (Å²) in [5.74, 6) is -1.17. The smallest absolute Gasteiger partial charge is 0.337 e. The van der Waals surface area contributed by atoms with Gasteiger partial charge in [0.1, 0.15) is 5.82 Å². The number of benzene rings is 2. The first-order chi connectivity index (χ1) is 20.6. The van der Waals surface area contributed by atoms with Crippen molar-refractivity contribution in [1.29, 1.82) is 0 Å². The molecule has 0 aliphatic carbocycles. The Morgan fingerprint density at radius 1 is 1.02 bits per heavy atom. The number of carboxylic acid groups (broad SMARTS) is 1. The lowest BCUT2D eigenvalue weighted by molar-refractivity contribution is -0.160. The maximum Gasteiger partial charge on any atom is 0.337 e. The van der Waals surface area contributed by atoms with Crippen molar-refractivity contribution in [2.45, 2.75) is 99.4 Å². The number of halogens is 1. The maximum atomic E-state index is 13.8. The number of rotatable bonds is 7. The van der Waals surface area contributed by atoms with Crippen LogP contribution in [0.2, 0.25) is 0 Å². The lowest BCUT2D eigenvalue weighted by Gasteiger charge is -2.41. The van der Waals surface area contributed by atoms with E-state index in [1.165, 1.54) is 11.1 Å². The highest BCUT2D eigenvalue weighted by molar-refractivity contribution is 5.88. The topological polar surface area (TPSA) is 65.9 Å². The van der Waals surface area contributed by atoms with Gasteiger partial charge in [-0.2, -0.15) is 0 Å². The zero-order chi connectivity index (χ0) is 32.0. The van der Waals surface area contributed by atoms with Gasteiger partial charge in [0.15, 0.2) is 6.10 Å². The zero-order valence-corrected chi connectivity index (χ0v) is 27.7. The summed E-state index contributed by atoms with van der Waals surface area (Å²) in [4.78, 5) is 22.5. The minimum atomic E-state index is -1.13. The first-order valence-corrected chi connectivity index (χ1v) is 15.9. The monoisotopic (exact) mass is 601 g/mol. The Hall–Kier alpha value is -3.29. The molecule has 0 spiro atoms. The van der Waals surface area contributed by atoms with Crippen molar-refractivity contribution in [2.24, 2.45) is 5.41 Å². The van der Waals surface area contributed by atoms with Crippen molar-refractivity contribution >= 4 is 11.7 Å². The molecule has 44 heavy (non-hydrogen) atoms. The maximum absolute atomic E-state index is 13.8. The minimum absolute atomic E-state index is 0.165. The second-order valence-electron chi connectivity index (χ2n) is 14.5. The van der Waals surface area contributed by atoms with E-state index < -0.39 is 17.7 Å². The Bertz CT molecular complexity index is 1550. The fourth-order valence-corrected chi connectivity index (χ4v) is 6.72. The van der Waals surface area contributed by atoms with E-state index in [2.05, 4.69) is 41.8 Å². The van der Waals surface area contributed by atoms with Crippen molar-refractivity contribution in [3.8, 4) is 11.1 Å². The Morgan fingerprint density at radius 3 is 2.36 bits per heavy atom. The van der Waals surface area contributed by atoms with Gasteiger partial charge >= 0.3 is 5.97 Å². The standard InChI is InChI=1S/C37H48FN3O3/c1-23-19-26(9-12-30(23)38)21-40-16-13-27-20-28(10-11-29(27)22-40)31-24(2)39-25(3)32(34(35(42)43)44-36(4,5)6)33(31)41-17-14-37(7,8)15-18-41/h9-12,19-20,34H,13-18,21-22H2,1-8H3,(H,42,43). The van der Waals surface area contributed by atoms with Crippen molar-refractivity contribution in [3.05, 3.63) is 81.4 Å². The number of anilines is 1. The molecule has 236 valence electrons. The summed E-state index contributed by atoms with van der Waals surface area (Å²) in [7, 11) is 0. The number of carbonyl (C=O) groups is 1. The van der Waals surface area contributed by atoms with Crippen LogP contribution in [0, 0.1) is 32.0 Å². The Morgan fingerprint density at radius 2 is 1.73 bits per heavy atom. The number of nitrogens with zero attached hydrogens (tertiary/aromatic N) is 3. The van der Waals surface area contributed by atoms with Gasteiger partial charge in [-0.3, -0.25) is 9.88 Å². The number of fused-ring (bicyclic) bond motifs is 1. The summed E-state index contributed by atoms with van der Waals surface area (Å²) in [6, 6.07) is 12.1. The highest BCUT2D eigenvalue weighted by atomic mass is 19.1. The largest absolute Gasteiger partial charge is 0.479 e. The number of hydrogen-bond acceptors (Lipinski definition) is 5. The molecule has 0 amide bonds. The third kappa shape index (κ3) is 7.00. The zero-order valence-electron chi connectivity index (χ0n) is 27.7. The molecule has 7 heteroatoms. The van der Waals surface area contributed by atoms with Crippen LogP contribution in [-0.4, -0.2) is 46.2 Å². The van der Waals surface area contributed by atoms with Gasteiger partial charge in [0.05, 0.1) is 11.3 Å². The van der Waals surface area contributed by atoms with E-state index >= 15 is 0 Å². The van der Waals surface area contributed by atoms with Crippen LogP contribution in [0.3, 0.4) is 0 Å². The second-order valence-corrected chi connectivity index (χ2v) is 14.5. The molecule has 2 aliphatic rings. The van der Waals surface area contributed by atoms with Gasteiger partial charge < -0.3 is 14.7 Å². The molecule has 1 N–H and O–H groups in total. The molecule has 1 fully saturated rings. The first kappa shape index (κ1) is 32.1. The fraction of sp³-hybridized carbons (Fsp3) is 0.514. The normalized spacial score (nSPS) is 17.8. The minimum Gasteiger partial charge on any atom is -0.479 e. The van der Waals surface area contributed by atoms with E-state index in [4.69, 9.17) is 9.72 Å². The molecule has 1 atom stereocenters. The predicted molar refractivity (Wildman–Crippen MR) is 175 cm³/mol. The number of carboxylic acids is 1. The molecule has 3 heterocycles. The summed E-state index contributed by atoms with van der Waals surface area (Å²) in [5.41, 5.74) is 9.27. The van der Waals surface area contributed by atoms with E-state index in [1.807, 2.05) is 53.7 Å². The van der Waals surface area contributed by atoms with Crippen LogP contribution in [0.15, 0.2) is 36.4 Å². The van der Waals surface area contributed by atoms with Crippen LogP contribution >= 0.6 is 0 Å². The number of pyridine rings is 1. The fourth-order valence-electron chi connectivity index (χ4n) is 6.72. The van der Waals surface area contributed by atoms with Crippen LogP contribution in [-0.2, 0) is 29.0 Å². The second kappa shape index (κ2) is 12.2. The molecular formula is C37H48FN3O3. The van der Waals surface area contributed by atoms with E-state index in [0.717, 1.165) is 80.1 Å².